The lowest BCUT2D eigenvalue weighted by Crippen LogP contribution is -2.18. The van der Waals surface area contributed by atoms with Crippen LogP contribution in [0, 0.1) is 11.8 Å². The summed E-state index contributed by atoms with van der Waals surface area (Å²) in [6.45, 7) is 10.3. The monoisotopic (exact) mass is 562 g/mol. The summed E-state index contributed by atoms with van der Waals surface area (Å²) in [7, 11) is 4.38. The van der Waals surface area contributed by atoms with E-state index in [2.05, 4.69) is 93.2 Å². The summed E-state index contributed by atoms with van der Waals surface area (Å²) in [6, 6.07) is 15.9. The van der Waals surface area contributed by atoms with E-state index in [0.29, 0.717) is 12.1 Å². The number of hydrogen-bond donors (Lipinski definition) is 2. The Morgan fingerprint density at radius 1 is 0.762 bits per heavy atom. The molecule has 6 nitrogen and oxygen atoms in total. The lowest BCUT2D eigenvalue weighted by molar-refractivity contribution is 0.307. The van der Waals surface area contributed by atoms with Gasteiger partial charge in [-0.25, -0.2) is 9.97 Å². The SMILES string of the molecule is CC.CC.CN1CCCC1c1ncc(-c2ccc(C#Cc3ccc4c(c3)CCc3[nH]c(C5CCCN5C)nc3-4)cc2)[nH]1. The first kappa shape index (κ1) is 29.8. The summed E-state index contributed by atoms with van der Waals surface area (Å²) in [5, 5.41) is 0. The highest BCUT2D eigenvalue weighted by molar-refractivity contribution is 5.70. The van der Waals surface area contributed by atoms with Gasteiger partial charge in [0.2, 0.25) is 0 Å². The van der Waals surface area contributed by atoms with Crippen LogP contribution in [-0.4, -0.2) is 56.9 Å². The van der Waals surface area contributed by atoms with Crippen molar-refractivity contribution in [2.45, 2.75) is 78.3 Å². The van der Waals surface area contributed by atoms with Crippen molar-refractivity contribution in [2.75, 3.05) is 27.2 Å². The average Bonchev–Trinajstić information content (AvgIpc) is 3.85. The van der Waals surface area contributed by atoms with Gasteiger partial charge in [0.1, 0.15) is 11.6 Å². The highest BCUT2D eigenvalue weighted by atomic mass is 15.2. The number of benzene rings is 2. The normalized spacial score (nSPS) is 19.5. The maximum Gasteiger partial charge on any atom is 0.124 e. The molecule has 3 aliphatic rings. The van der Waals surface area contributed by atoms with Crippen LogP contribution in [0.5, 0.6) is 0 Å². The molecule has 0 spiro atoms. The van der Waals surface area contributed by atoms with E-state index in [1.807, 2.05) is 33.9 Å². The van der Waals surface area contributed by atoms with Gasteiger partial charge in [0, 0.05) is 22.4 Å². The Labute approximate surface area is 252 Å². The van der Waals surface area contributed by atoms with Gasteiger partial charge in [0.15, 0.2) is 0 Å². The van der Waals surface area contributed by atoms with Crippen LogP contribution in [0.1, 0.15) is 99.5 Å². The third-order valence-corrected chi connectivity index (χ3v) is 8.62. The fraction of sp³-hybridized carbons (Fsp3) is 0.444. The molecule has 2 unspecified atom stereocenters. The van der Waals surface area contributed by atoms with Crippen LogP contribution in [-0.2, 0) is 12.8 Å². The molecule has 2 aromatic carbocycles. The average molecular weight is 563 g/mol. The molecule has 6 heteroatoms. The van der Waals surface area contributed by atoms with Gasteiger partial charge >= 0.3 is 0 Å². The van der Waals surface area contributed by atoms with E-state index in [0.717, 1.165) is 65.7 Å². The van der Waals surface area contributed by atoms with Crippen LogP contribution in [0.2, 0.25) is 0 Å². The Kier molecular flexibility index (Phi) is 9.62. The van der Waals surface area contributed by atoms with Crippen LogP contribution < -0.4 is 0 Å². The molecule has 2 atom stereocenters. The molecule has 0 bridgehead atoms. The van der Waals surface area contributed by atoms with Gasteiger partial charge in [0.25, 0.3) is 0 Å². The molecule has 2 N–H and O–H groups in total. The quantitative estimate of drug-likeness (QED) is 0.253. The van der Waals surface area contributed by atoms with Gasteiger partial charge in [-0.15, -0.1) is 0 Å². The smallest absolute Gasteiger partial charge is 0.124 e. The number of nitrogens with zero attached hydrogens (tertiary/aromatic N) is 4. The Bertz CT molecular complexity index is 1530. The fourth-order valence-electron chi connectivity index (χ4n) is 6.40. The molecular weight excluding hydrogens is 516 g/mol. The molecule has 0 saturated carbocycles. The highest BCUT2D eigenvalue weighted by Crippen LogP contribution is 2.36. The van der Waals surface area contributed by atoms with Crippen molar-refractivity contribution in [1.29, 1.82) is 0 Å². The van der Waals surface area contributed by atoms with Crippen LogP contribution >= 0.6 is 0 Å². The first-order valence-electron chi connectivity index (χ1n) is 15.9. The third-order valence-electron chi connectivity index (χ3n) is 8.62. The van der Waals surface area contributed by atoms with Crippen molar-refractivity contribution in [3.05, 3.63) is 82.7 Å². The van der Waals surface area contributed by atoms with Crippen molar-refractivity contribution in [3.63, 3.8) is 0 Å². The van der Waals surface area contributed by atoms with Crippen LogP contribution in [0.3, 0.4) is 0 Å². The lowest BCUT2D eigenvalue weighted by atomic mass is 9.91. The van der Waals surface area contributed by atoms with Gasteiger partial charge in [-0.1, -0.05) is 57.7 Å². The number of hydrogen-bond acceptors (Lipinski definition) is 4. The first-order chi connectivity index (χ1) is 20.6. The lowest BCUT2D eigenvalue weighted by Gasteiger charge is -2.16. The second-order valence-corrected chi connectivity index (χ2v) is 11.1. The molecular formula is C36H46N6. The number of nitrogens with one attached hydrogen (secondary N) is 2. The van der Waals surface area contributed by atoms with E-state index in [1.54, 1.807) is 0 Å². The number of aryl methyl sites for hydroxylation is 2. The maximum absolute atomic E-state index is 5.07. The predicted octanol–water partition coefficient (Wildman–Crippen LogP) is 7.55. The summed E-state index contributed by atoms with van der Waals surface area (Å²) < 4.78 is 0. The molecule has 7 rings (SSSR count). The minimum absolute atomic E-state index is 0.404. The Hall–Kier alpha value is -3.66. The van der Waals surface area contributed by atoms with Crippen LogP contribution in [0.25, 0.3) is 22.5 Å². The topological polar surface area (TPSA) is 63.8 Å². The summed E-state index contributed by atoms with van der Waals surface area (Å²) in [4.78, 5) is 21.7. The number of rotatable bonds is 3. The Balaban J connectivity index is 0.000000847. The molecule has 4 heterocycles. The zero-order chi connectivity index (χ0) is 29.6. The minimum Gasteiger partial charge on any atom is -0.344 e. The van der Waals surface area contributed by atoms with E-state index in [4.69, 9.17) is 4.98 Å². The van der Waals surface area contributed by atoms with Gasteiger partial charge in [-0.3, -0.25) is 9.80 Å². The van der Waals surface area contributed by atoms with Crippen LogP contribution in [0.15, 0.2) is 48.7 Å². The molecule has 4 aromatic rings. The Morgan fingerprint density at radius 2 is 1.40 bits per heavy atom. The molecule has 1 aliphatic carbocycles. The van der Waals surface area contributed by atoms with E-state index in [-0.39, 0.29) is 0 Å². The van der Waals surface area contributed by atoms with Crippen molar-refractivity contribution in [3.8, 4) is 34.4 Å². The van der Waals surface area contributed by atoms with Gasteiger partial charge in [-0.05, 0) is 101 Å². The molecule has 2 aliphatic heterocycles. The predicted molar refractivity (Wildman–Crippen MR) is 173 cm³/mol. The van der Waals surface area contributed by atoms with E-state index < -0.39 is 0 Å². The van der Waals surface area contributed by atoms with Gasteiger partial charge in [0.05, 0.1) is 29.7 Å². The minimum atomic E-state index is 0.404. The Morgan fingerprint density at radius 3 is 2.07 bits per heavy atom. The van der Waals surface area contributed by atoms with Gasteiger partial charge < -0.3 is 9.97 Å². The second-order valence-electron chi connectivity index (χ2n) is 11.1. The fourth-order valence-corrected chi connectivity index (χ4v) is 6.40. The summed E-state index contributed by atoms with van der Waals surface area (Å²) in [5.74, 6) is 8.94. The molecule has 0 amide bonds. The molecule has 2 saturated heterocycles. The van der Waals surface area contributed by atoms with Crippen molar-refractivity contribution in [2.24, 2.45) is 0 Å². The van der Waals surface area contributed by atoms with Crippen LogP contribution in [0.4, 0.5) is 0 Å². The molecule has 0 radical (unpaired) electrons. The summed E-state index contributed by atoms with van der Waals surface area (Å²) in [6.07, 6.45) is 8.83. The molecule has 2 fully saturated rings. The second kappa shape index (κ2) is 13.5. The zero-order valence-corrected chi connectivity index (χ0v) is 26.2. The first-order valence-corrected chi connectivity index (χ1v) is 15.9. The number of likely N-dealkylation sites (tertiary alicyclic amines) is 2. The number of imidazole rings is 2. The van der Waals surface area contributed by atoms with Crippen molar-refractivity contribution in [1.82, 2.24) is 29.7 Å². The molecule has 42 heavy (non-hydrogen) atoms. The van der Waals surface area contributed by atoms with E-state index in [9.17, 15) is 0 Å². The standard InChI is InChI=1S/C32H34N6.2C2H6/c1-37-17-3-5-28(37)31-33-20-27(35-31)23-12-9-21(10-13-23)7-8-22-11-15-25-24(19-22)14-16-26-30(25)36-32(34-26)29-6-4-18-38(29)2;2*1-2/h9-13,15,19-20,28-29H,3-6,14,16-18H2,1-2H3,(H,33,35)(H,34,36);2*1-2H3. The summed E-state index contributed by atoms with van der Waals surface area (Å²) in [5.41, 5.74) is 9.30. The summed E-state index contributed by atoms with van der Waals surface area (Å²) >= 11 is 0. The number of H-pyrrole nitrogens is 2. The maximum atomic E-state index is 5.07. The molecule has 2 aromatic heterocycles. The molecule has 220 valence electrons. The largest absolute Gasteiger partial charge is 0.344 e. The van der Waals surface area contributed by atoms with E-state index in [1.165, 1.54) is 42.5 Å². The van der Waals surface area contributed by atoms with Gasteiger partial charge in [-0.2, -0.15) is 0 Å². The van der Waals surface area contributed by atoms with Crippen molar-refractivity contribution < 1.29 is 0 Å². The van der Waals surface area contributed by atoms with Crippen molar-refractivity contribution >= 4 is 0 Å². The van der Waals surface area contributed by atoms with E-state index >= 15 is 0 Å². The third kappa shape index (κ3) is 6.09. The zero-order valence-electron chi connectivity index (χ0n) is 26.2. The number of aromatic nitrogens is 4. The number of fused-ring (bicyclic) bond motifs is 3. The highest BCUT2D eigenvalue weighted by Gasteiger charge is 2.29. The number of aromatic amines is 2.